The second-order valence-corrected chi connectivity index (χ2v) is 26.1. The van der Waals surface area contributed by atoms with Crippen molar-refractivity contribution in [3.05, 3.63) is 277 Å². The predicted molar refractivity (Wildman–Crippen MR) is 371 cm³/mol. The van der Waals surface area contributed by atoms with E-state index in [1.165, 1.54) is 0 Å². The van der Waals surface area contributed by atoms with E-state index in [0.717, 1.165) is 99.4 Å². The Labute approximate surface area is 569 Å². The van der Waals surface area contributed by atoms with Gasteiger partial charge in [0.25, 0.3) is 5.56 Å². The van der Waals surface area contributed by atoms with Crippen molar-refractivity contribution in [3.8, 4) is 22.9 Å². The van der Waals surface area contributed by atoms with E-state index >= 15 is 4.79 Å². The highest BCUT2D eigenvalue weighted by atomic mass is 35.5. The van der Waals surface area contributed by atoms with Gasteiger partial charge in [0.2, 0.25) is 5.91 Å². The second-order valence-electron chi connectivity index (χ2n) is 25.6. The number of aryl methyl sites for hydroxylation is 1. The smallest absolute Gasteiger partial charge is 0.343 e. The number of hydrogen-bond acceptors (Lipinski definition) is 15. The molecule has 1 saturated carbocycles. The van der Waals surface area contributed by atoms with Gasteiger partial charge in [0.05, 0.1) is 69.4 Å². The molecule has 2 aliphatic heterocycles. The van der Waals surface area contributed by atoms with E-state index in [2.05, 4.69) is 52.3 Å². The molecule has 1 fully saturated rings. The topological polar surface area (TPSA) is 195 Å². The number of carbonyl (C=O) groups is 3. The number of hydrogen-bond donors (Lipinski definition) is 1. The molecule has 97 heavy (non-hydrogen) atoms. The number of unbranched alkanes of at least 4 members (excludes halogenated alkanes) is 1. The summed E-state index contributed by atoms with van der Waals surface area (Å²) in [6.45, 7) is 8.64. The molecule has 1 N–H and O–H groups in total. The lowest BCUT2D eigenvalue weighted by Gasteiger charge is -2.40. The average molecular weight is 1320 g/mol. The van der Waals surface area contributed by atoms with Crippen molar-refractivity contribution in [1.29, 1.82) is 0 Å². The Bertz CT molecular complexity index is 4310. The van der Waals surface area contributed by atoms with Crippen LogP contribution in [0.1, 0.15) is 143 Å². The molecule has 0 bridgehead atoms. The fourth-order valence-corrected chi connectivity index (χ4v) is 14.3. The van der Waals surface area contributed by atoms with Crippen LogP contribution in [0.15, 0.2) is 193 Å². The average Bonchev–Trinajstić information content (AvgIpc) is 1.62. The molecule has 1 atom stereocenters. The van der Waals surface area contributed by atoms with Crippen LogP contribution in [0.5, 0.6) is 11.5 Å². The first-order valence-corrected chi connectivity index (χ1v) is 34.0. The molecular formula is C79H78ClN9O8. The number of aromatic nitrogens is 6. The zero-order valence-electron chi connectivity index (χ0n) is 54.7. The summed E-state index contributed by atoms with van der Waals surface area (Å²) in [5.41, 5.74) is 9.28. The predicted octanol–water partition coefficient (Wildman–Crippen LogP) is 13.6. The Balaban J connectivity index is 0.730. The number of pyridine rings is 6. The van der Waals surface area contributed by atoms with Gasteiger partial charge in [-0.2, -0.15) is 0 Å². The van der Waals surface area contributed by atoms with Crippen LogP contribution < -0.4 is 15.0 Å². The highest BCUT2D eigenvalue weighted by molar-refractivity contribution is 6.30. The van der Waals surface area contributed by atoms with Crippen LogP contribution >= 0.6 is 11.6 Å². The zero-order valence-corrected chi connectivity index (χ0v) is 55.5. The fourth-order valence-electron chi connectivity index (χ4n) is 14.2. The van der Waals surface area contributed by atoms with Gasteiger partial charge in [-0.3, -0.25) is 39.3 Å². The molecule has 10 aromatic rings. The third-order valence-corrected chi connectivity index (χ3v) is 19.3. The molecule has 0 radical (unpaired) electrons. The van der Waals surface area contributed by atoms with E-state index in [-0.39, 0.29) is 42.2 Å². The van der Waals surface area contributed by atoms with Gasteiger partial charge in [0.1, 0.15) is 18.1 Å². The van der Waals surface area contributed by atoms with Crippen molar-refractivity contribution in [2.24, 2.45) is 0 Å². The van der Waals surface area contributed by atoms with Gasteiger partial charge in [-0.25, -0.2) is 14.6 Å². The highest BCUT2D eigenvalue weighted by Gasteiger charge is 2.46. The number of cyclic esters (lactones) is 1. The maximum atomic E-state index is 15.6. The Morgan fingerprint density at radius 3 is 1.78 bits per heavy atom. The molecule has 0 unspecified atom stereocenters. The molecule has 6 aromatic heterocycles. The maximum absolute atomic E-state index is 15.6. The molecule has 1 aliphatic carbocycles. The minimum absolute atomic E-state index is 0.0457. The van der Waals surface area contributed by atoms with Gasteiger partial charge in [-0.1, -0.05) is 99.3 Å². The minimum atomic E-state index is -1.94. The summed E-state index contributed by atoms with van der Waals surface area (Å²) in [5.74, 6) is -0.156. The largest absolute Gasteiger partial charge is 0.494 e. The molecule has 3 aliphatic rings. The number of fused-ring (bicyclic) bond motifs is 5. The summed E-state index contributed by atoms with van der Waals surface area (Å²) in [6.07, 6.45) is 13.7. The van der Waals surface area contributed by atoms with Crippen molar-refractivity contribution in [2.75, 3.05) is 13.2 Å². The third kappa shape index (κ3) is 14.8. The summed E-state index contributed by atoms with van der Waals surface area (Å²) in [6, 6.07) is 52.7. The number of amides is 1. The molecule has 8 heterocycles. The number of aliphatic hydroxyl groups is 1. The molecule has 494 valence electrons. The second kappa shape index (κ2) is 29.7. The van der Waals surface area contributed by atoms with Crippen molar-refractivity contribution in [2.45, 2.75) is 142 Å². The van der Waals surface area contributed by atoms with E-state index in [0.29, 0.717) is 111 Å². The van der Waals surface area contributed by atoms with Gasteiger partial charge in [-0.15, -0.1) is 0 Å². The van der Waals surface area contributed by atoms with Crippen LogP contribution in [-0.2, 0) is 90.7 Å². The van der Waals surface area contributed by atoms with Crippen LogP contribution in [-0.4, -0.2) is 80.3 Å². The number of esters is 2. The Hall–Kier alpha value is -9.78. The van der Waals surface area contributed by atoms with Crippen LogP contribution in [0.4, 0.5) is 0 Å². The first kappa shape index (κ1) is 65.9. The molecule has 18 heteroatoms. The molecule has 0 saturated heterocycles. The van der Waals surface area contributed by atoms with Crippen LogP contribution in [0.3, 0.4) is 0 Å². The Morgan fingerprint density at radius 2 is 1.23 bits per heavy atom. The van der Waals surface area contributed by atoms with E-state index in [9.17, 15) is 19.5 Å². The first-order valence-electron chi connectivity index (χ1n) is 33.6. The quantitative estimate of drug-likeness (QED) is 0.0305. The van der Waals surface area contributed by atoms with Crippen LogP contribution in [0.2, 0.25) is 5.02 Å². The summed E-state index contributed by atoms with van der Waals surface area (Å²) < 4.78 is 19.8. The lowest BCUT2D eigenvalue weighted by Crippen LogP contribution is -2.48. The van der Waals surface area contributed by atoms with Crippen molar-refractivity contribution < 1.29 is 33.7 Å². The minimum Gasteiger partial charge on any atom is -0.494 e. The van der Waals surface area contributed by atoms with Gasteiger partial charge in [0, 0.05) is 98.7 Å². The number of ether oxygens (including phenoxy) is 3. The molecule has 0 spiro atoms. The normalized spacial score (nSPS) is 15.4. The summed E-state index contributed by atoms with van der Waals surface area (Å²) in [5, 5.41) is 12.8. The van der Waals surface area contributed by atoms with Crippen molar-refractivity contribution >= 4 is 40.3 Å². The maximum Gasteiger partial charge on any atom is 0.343 e. The monoisotopic (exact) mass is 1320 g/mol. The van der Waals surface area contributed by atoms with E-state index in [4.69, 9.17) is 50.7 Å². The number of halogens is 1. The van der Waals surface area contributed by atoms with Crippen molar-refractivity contribution in [1.82, 2.24) is 44.2 Å². The lowest BCUT2D eigenvalue weighted by molar-refractivity contribution is -0.172. The van der Waals surface area contributed by atoms with E-state index in [1.807, 2.05) is 128 Å². The molecule has 4 aromatic carbocycles. The Morgan fingerprint density at radius 1 is 0.629 bits per heavy atom. The number of nitrogens with zero attached hydrogens (tertiary/aromatic N) is 9. The van der Waals surface area contributed by atoms with Gasteiger partial charge in [0.15, 0.2) is 5.60 Å². The summed E-state index contributed by atoms with van der Waals surface area (Å²) >= 11 is 6.47. The third-order valence-electron chi connectivity index (χ3n) is 19.1. The van der Waals surface area contributed by atoms with Crippen LogP contribution in [0, 0.1) is 0 Å². The molecular weight excluding hydrogens is 1240 g/mol. The molecule has 1 amide bonds. The highest BCUT2D eigenvalue weighted by Crippen LogP contribution is 2.44. The van der Waals surface area contributed by atoms with Gasteiger partial charge in [-0.05, 0) is 176 Å². The number of carbonyl (C=O) groups excluding carboxylic acids is 3. The lowest BCUT2D eigenvalue weighted by atomic mass is 9.68. The first-order chi connectivity index (χ1) is 47.3. The fraction of sp³-hybridized carbons (Fsp3) is 0.304. The van der Waals surface area contributed by atoms with E-state index < -0.39 is 23.0 Å². The number of benzene rings is 4. The van der Waals surface area contributed by atoms with Crippen molar-refractivity contribution in [3.63, 3.8) is 0 Å². The van der Waals surface area contributed by atoms with Gasteiger partial charge < -0.3 is 28.8 Å². The summed E-state index contributed by atoms with van der Waals surface area (Å²) in [7, 11) is 0. The van der Waals surface area contributed by atoms with Crippen LogP contribution in [0.25, 0.3) is 22.3 Å². The van der Waals surface area contributed by atoms with E-state index in [1.54, 1.807) is 41.8 Å². The molecule has 17 nitrogen and oxygen atoms in total. The summed E-state index contributed by atoms with van der Waals surface area (Å²) in [4.78, 5) is 86.9. The molecule has 13 rings (SSSR count). The standard InChI is InChI=1S/C79H78ClN9O8/c1-3-66-67-43-64(30-31-71(67)85-73-68(66)52-89-72(73)44-70-69(74(89)90)53-96-77(93)79(70,94)4-2)97-75(91)57-24-22-54(23-25-57)47-88(76(92)78(32-10-5-11-33-78)58-26-28-59(80)29-27-58)38-16-17-39-95-65-41-55(45-86(48-60-18-6-12-34-81-60)49-61-19-7-13-35-82-61)40-56(42-65)46-87(50-62-20-8-14-36-83-62)51-63-21-9-15-37-84-63/h6-9,12-15,18-31,34-37,40-44,94H,3-5,10-11,16-17,32-33,38-39,45-53H2,1-2H3/t79-/m0/s1. The zero-order chi connectivity index (χ0) is 66.9. The SMILES string of the molecule is CCc1c2c(nc3ccc(OC(=O)c4ccc(CN(CCCCOc5cc(CN(Cc6ccccn6)Cc6ccccn6)cc(CN(Cc6ccccn6)Cc6ccccn6)c5)C(=O)C5(c6ccc(Cl)cc6)CCCCC5)cc4)cc13)-c1cc3c(c(=O)n1C2)COC(=O)[C@]3(O)CC. The van der Waals surface area contributed by atoms with Gasteiger partial charge >= 0.3 is 11.9 Å². The Kier molecular flexibility index (Phi) is 20.2. The number of rotatable bonds is 26.